The van der Waals surface area contributed by atoms with E-state index in [1.165, 1.54) is 0 Å². The van der Waals surface area contributed by atoms with Crippen molar-refractivity contribution < 1.29 is 4.74 Å². The van der Waals surface area contributed by atoms with Crippen molar-refractivity contribution in [3.8, 4) is 5.88 Å². The largest absolute Gasteiger partial charge is 0.480 e. The molecule has 1 fully saturated rings. The molecule has 1 aliphatic heterocycles. The third kappa shape index (κ3) is 1.84. The molecule has 0 aromatic carbocycles. The van der Waals surface area contributed by atoms with E-state index in [4.69, 9.17) is 4.74 Å². The van der Waals surface area contributed by atoms with Crippen molar-refractivity contribution in [3.05, 3.63) is 18.0 Å². The van der Waals surface area contributed by atoms with Crippen LogP contribution in [0.25, 0.3) is 5.65 Å². The number of ether oxygens (including phenoxy) is 1. The SMILES string of the molecule is COc1ccc2nnc(C3CCNCC3)n2n1. The molecule has 3 heterocycles. The van der Waals surface area contributed by atoms with Gasteiger partial charge in [-0.3, -0.25) is 0 Å². The monoisotopic (exact) mass is 233 g/mol. The molecule has 1 saturated heterocycles. The summed E-state index contributed by atoms with van der Waals surface area (Å²) in [5.74, 6) is 1.97. The molecule has 6 heteroatoms. The van der Waals surface area contributed by atoms with Gasteiger partial charge in [-0.2, -0.15) is 4.52 Å². The standard InChI is InChI=1S/C11H15N5O/c1-17-10-3-2-9-13-14-11(16(9)15-10)8-4-6-12-7-5-8/h2-3,8,12H,4-7H2,1H3. The van der Waals surface area contributed by atoms with Crippen LogP contribution in [0, 0.1) is 0 Å². The lowest BCUT2D eigenvalue weighted by Gasteiger charge is -2.20. The number of aromatic nitrogens is 4. The molecular weight excluding hydrogens is 218 g/mol. The van der Waals surface area contributed by atoms with E-state index in [2.05, 4.69) is 20.6 Å². The van der Waals surface area contributed by atoms with Crippen molar-refractivity contribution in [1.29, 1.82) is 0 Å². The van der Waals surface area contributed by atoms with Crippen LogP contribution in [0.2, 0.25) is 0 Å². The van der Waals surface area contributed by atoms with Crippen molar-refractivity contribution in [3.63, 3.8) is 0 Å². The van der Waals surface area contributed by atoms with Gasteiger partial charge in [-0.25, -0.2) is 0 Å². The number of nitrogens with one attached hydrogen (secondary N) is 1. The molecule has 0 saturated carbocycles. The molecule has 0 spiro atoms. The summed E-state index contributed by atoms with van der Waals surface area (Å²) >= 11 is 0. The van der Waals surface area contributed by atoms with Crippen LogP contribution in [0.4, 0.5) is 0 Å². The predicted octanol–water partition coefficient (Wildman–Crippen LogP) is 0.600. The fourth-order valence-corrected chi connectivity index (χ4v) is 2.23. The number of rotatable bonds is 2. The maximum atomic E-state index is 5.13. The summed E-state index contributed by atoms with van der Waals surface area (Å²) in [7, 11) is 1.61. The fraction of sp³-hybridized carbons (Fsp3) is 0.545. The summed E-state index contributed by atoms with van der Waals surface area (Å²) in [5, 5.41) is 16.1. The molecule has 1 aliphatic rings. The van der Waals surface area contributed by atoms with E-state index < -0.39 is 0 Å². The number of fused-ring (bicyclic) bond motifs is 1. The van der Waals surface area contributed by atoms with E-state index in [9.17, 15) is 0 Å². The highest BCUT2D eigenvalue weighted by molar-refractivity contribution is 5.38. The number of piperidine rings is 1. The highest BCUT2D eigenvalue weighted by Gasteiger charge is 2.21. The van der Waals surface area contributed by atoms with Gasteiger partial charge < -0.3 is 10.1 Å². The van der Waals surface area contributed by atoms with E-state index in [-0.39, 0.29) is 0 Å². The Morgan fingerprint density at radius 1 is 1.29 bits per heavy atom. The average molecular weight is 233 g/mol. The third-order valence-electron chi connectivity index (χ3n) is 3.18. The lowest BCUT2D eigenvalue weighted by atomic mass is 9.97. The zero-order valence-corrected chi connectivity index (χ0v) is 9.76. The van der Waals surface area contributed by atoms with Gasteiger partial charge in [-0.1, -0.05) is 0 Å². The zero-order valence-electron chi connectivity index (χ0n) is 9.76. The van der Waals surface area contributed by atoms with Crippen molar-refractivity contribution >= 4 is 5.65 Å². The molecule has 1 N–H and O–H groups in total. The van der Waals surface area contributed by atoms with E-state index >= 15 is 0 Å². The summed E-state index contributed by atoms with van der Waals surface area (Å²) in [4.78, 5) is 0. The lowest BCUT2D eigenvalue weighted by Crippen LogP contribution is -2.27. The number of hydrogen-bond acceptors (Lipinski definition) is 5. The van der Waals surface area contributed by atoms with Crippen LogP contribution in [-0.4, -0.2) is 40.0 Å². The molecule has 0 bridgehead atoms. The van der Waals surface area contributed by atoms with Crippen LogP contribution in [0.5, 0.6) is 5.88 Å². The Morgan fingerprint density at radius 2 is 2.12 bits per heavy atom. The Morgan fingerprint density at radius 3 is 2.88 bits per heavy atom. The molecule has 90 valence electrons. The number of methoxy groups -OCH3 is 1. The Bertz CT molecular complexity index is 518. The summed E-state index contributed by atoms with van der Waals surface area (Å²) < 4.78 is 6.93. The first kappa shape index (κ1) is 10.5. The zero-order chi connectivity index (χ0) is 11.7. The highest BCUT2D eigenvalue weighted by atomic mass is 16.5. The molecule has 17 heavy (non-hydrogen) atoms. The Balaban J connectivity index is 2.02. The molecule has 2 aromatic heterocycles. The van der Waals surface area contributed by atoms with Crippen molar-refractivity contribution in [2.24, 2.45) is 0 Å². The lowest BCUT2D eigenvalue weighted by molar-refractivity contribution is 0.385. The Hall–Kier alpha value is -1.69. The smallest absolute Gasteiger partial charge is 0.231 e. The highest BCUT2D eigenvalue weighted by Crippen LogP contribution is 2.23. The molecule has 2 aromatic rings. The molecule has 6 nitrogen and oxygen atoms in total. The second kappa shape index (κ2) is 4.29. The van der Waals surface area contributed by atoms with Crippen LogP contribution in [0.3, 0.4) is 0 Å². The molecular formula is C11H15N5O. The first-order chi connectivity index (χ1) is 8.38. The molecule has 3 rings (SSSR count). The summed E-state index contributed by atoms with van der Waals surface area (Å²) in [6.07, 6.45) is 2.17. The van der Waals surface area contributed by atoms with Gasteiger partial charge in [-0.05, 0) is 32.0 Å². The minimum Gasteiger partial charge on any atom is -0.480 e. The first-order valence-corrected chi connectivity index (χ1v) is 5.85. The van der Waals surface area contributed by atoms with E-state index in [0.29, 0.717) is 11.8 Å². The topological polar surface area (TPSA) is 64.3 Å². The van der Waals surface area contributed by atoms with Crippen molar-refractivity contribution in [2.75, 3.05) is 20.2 Å². The second-order valence-electron chi connectivity index (χ2n) is 4.23. The molecule has 0 atom stereocenters. The third-order valence-corrected chi connectivity index (χ3v) is 3.18. The van der Waals surface area contributed by atoms with Gasteiger partial charge in [0.25, 0.3) is 0 Å². The van der Waals surface area contributed by atoms with Gasteiger partial charge in [0.1, 0.15) is 0 Å². The summed E-state index contributed by atoms with van der Waals surface area (Å²) in [6, 6.07) is 3.68. The van der Waals surface area contributed by atoms with E-state index in [0.717, 1.165) is 37.4 Å². The van der Waals surface area contributed by atoms with Crippen LogP contribution >= 0.6 is 0 Å². The van der Waals surface area contributed by atoms with Gasteiger partial charge >= 0.3 is 0 Å². The molecule has 0 aliphatic carbocycles. The number of hydrogen-bond donors (Lipinski definition) is 1. The Labute approximate surface area is 99.0 Å². The maximum absolute atomic E-state index is 5.13. The first-order valence-electron chi connectivity index (χ1n) is 5.85. The van der Waals surface area contributed by atoms with Crippen molar-refractivity contribution in [2.45, 2.75) is 18.8 Å². The fourth-order valence-electron chi connectivity index (χ4n) is 2.23. The van der Waals surface area contributed by atoms with Gasteiger partial charge in [0, 0.05) is 12.0 Å². The van der Waals surface area contributed by atoms with Gasteiger partial charge in [0.2, 0.25) is 5.88 Å². The van der Waals surface area contributed by atoms with Gasteiger partial charge in [0.15, 0.2) is 11.5 Å². The molecule has 0 radical (unpaired) electrons. The normalized spacial score (nSPS) is 17.5. The van der Waals surface area contributed by atoms with E-state index in [1.54, 1.807) is 17.7 Å². The average Bonchev–Trinajstić information content (AvgIpc) is 2.82. The Kier molecular flexibility index (Phi) is 2.64. The molecule has 0 amide bonds. The van der Waals surface area contributed by atoms with Crippen LogP contribution in [0.1, 0.15) is 24.6 Å². The van der Waals surface area contributed by atoms with E-state index in [1.807, 2.05) is 6.07 Å². The second-order valence-corrected chi connectivity index (χ2v) is 4.23. The minimum absolute atomic E-state index is 0.436. The maximum Gasteiger partial charge on any atom is 0.231 e. The van der Waals surface area contributed by atoms with Crippen LogP contribution in [-0.2, 0) is 0 Å². The molecule has 0 unspecified atom stereocenters. The van der Waals surface area contributed by atoms with Crippen molar-refractivity contribution in [1.82, 2.24) is 25.1 Å². The van der Waals surface area contributed by atoms with Crippen LogP contribution < -0.4 is 10.1 Å². The van der Waals surface area contributed by atoms with Crippen LogP contribution in [0.15, 0.2) is 12.1 Å². The summed E-state index contributed by atoms with van der Waals surface area (Å²) in [5.41, 5.74) is 0.777. The predicted molar refractivity (Wildman–Crippen MR) is 62.2 cm³/mol. The van der Waals surface area contributed by atoms with Gasteiger partial charge in [-0.15, -0.1) is 15.3 Å². The quantitative estimate of drug-likeness (QED) is 0.823. The number of nitrogens with zero attached hydrogens (tertiary/aromatic N) is 4. The van der Waals surface area contributed by atoms with Gasteiger partial charge in [0.05, 0.1) is 7.11 Å². The minimum atomic E-state index is 0.436. The summed E-state index contributed by atoms with van der Waals surface area (Å²) in [6.45, 7) is 2.06.